The van der Waals surface area contributed by atoms with Crippen LogP contribution >= 0.6 is 35.7 Å². The van der Waals surface area contributed by atoms with Gasteiger partial charge in [-0.2, -0.15) is 0 Å². The van der Waals surface area contributed by atoms with Crippen molar-refractivity contribution in [3.05, 3.63) is 29.3 Å². The van der Waals surface area contributed by atoms with E-state index in [1.165, 1.54) is 16.0 Å². The van der Waals surface area contributed by atoms with Crippen LogP contribution < -0.4 is 10.6 Å². The zero-order valence-electron chi connectivity index (χ0n) is 11.4. The second-order valence-corrected chi connectivity index (χ2v) is 4.62. The third-order valence-corrected chi connectivity index (χ3v) is 3.28. The summed E-state index contributed by atoms with van der Waals surface area (Å²) < 4.78 is 0. The van der Waals surface area contributed by atoms with Crippen LogP contribution in [0.25, 0.3) is 0 Å². The van der Waals surface area contributed by atoms with Gasteiger partial charge >= 0.3 is 0 Å². The third kappa shape index (κ3) is 5.48. The molecule has 0 unspecified atom stereocenters. The van der Waals surface area contributed by atoms with E-state index >= 15 is 0 Å². The number of nitrogens with zero attached hydrogens (tertiary/aromatic N) is 1. The smallest absolute Gasteiger partial charge is 0.191 e. The van der Waals surface area contributed by atoms with Crippen molar-refractivity contribution < 1.29 is 0 Å². The molecule has 102 valence electrons. The molecule has 0 heterocycles. The predicted octanol–water partition coefficient (Wildman–Crippen LogP) is 3.02. The number of hydrogen-bond acceptors (Lipinski definition) is 2. The fourth-order valence-corrected chi connectivity index (χ4v) is 2.27. The van der Waals surface area contributed by atoms with Gasteiger partial charge in [-0.3, -0.25) is 4.99 Å². The summed E-state index contributed by atoms with van der Waals surface area (Å²) in [6.45, 7) is 5.86. The van der Waals surface area contributed by atoms with Gasteiger partial charge in [-0.05, 0) is 37.3 Å². The average molecular weight is 379 g/mol. The van der Waals surface area contributed by atoms with Crippen molar-refractivity contribution in [3.63, 3.8) is 0 Å². The lowest BCUT2D eigenvalue weighted by Crippen LogP contribution is -2.36. The molecule has 0 fully saturated rings. The summed E-state index contributed by atoms with van der Waals surface area (Å²) in [5.41, 5.74) is 2.61. The van der Waals surface area contributed by atoms with Crippen molar-refractivity contribution in [3.8, 4) is 0 Å². The second-order valence-electron chi connectivity index (χ2n) is 3.77. The highest BCUT2D eigenvalue weighted by atomic mass is 127. The van der Waals surface area contributed by atoms with E-state index < -0.39 is 0 Å². The van der Waals surface area contributed by atoms with Crippen molar-refractivity contribution >= 4 is 41.7 Å². The minimum Gasteiger partial charge on any atom is -0.357 e. The van der Waals surface area contributed by atoms with Crippen LogP contribution in [0, 0.1) is 6.92 Å². The van der Waals surface area contributed by atoms with Gasteiger partial charge in [-0.1, -0.05) is 12.1 Å². The summed E-state index contributed by atoms with van der Waals surface area (Å²) in [4.78, 5) is 5.48. The summed E-state index contributed by atoms with van der Waals surface area (Å²) in [6.07, 6.45) is 2.11. The maximum atomic E-state index is 4.15. The van der Waals surface area contributed by atoms with Crippen molar-refractivity contribution in [2.75, 3.05) is 19.8 Å². The number of aliphatic imine (C=N–C) groups is 1. The Morgan fingerprint density at radius 3 is 2.61 bits per heavy atom. The highest BCUT2D eigenvalue weighted by Gasteiger charge is 2.02. The molecule has 1 aromatic carbocycles. The van der Waals surface area contributed by atoms with Gasteiger partial charge in [0.2, 0.25) is 0 Å². The van der Waals surface area contributed by atoms with Crippen LogP contribution in [-0.4, -0.2) is 25.8 Å². The summed E-state index contributed by atoms with van der Waals surface area (Å²) in [7, 11) is 1.79. The molecule has 0 aliphatic heterocycles. The zero-order chi connectivity index (χ0) is 12.7. The largest absolute Gasteiger partial charge is 0.357 e. The lowest BCUT2D eigenvalue weighted by Gasteiger charge is -2.13. The second kappa shape index (κ2) is 9.49. The SMILES string of the molecule is CCNC(=NC)NCc1ccc(C)cc1SC.I. The predicted molar refractivity (Wildman–Crippen MR) is 92.3 cm³/mol. The number of thioether (sulfide) groups is 1. The lowest BCUT2D eigenvalue weighted by atomic mass is 10.1. The Kier molecular flexibility index (Phi) is 9.27. The van der Waals surface area contributed by atoms with Gasteiger partial charge in [0, 0.05) is 25.0 Å². The Hall–Kier alpha value is -0.430. The van der Waals surface area contributed by atoms with Crippen LogP contribution in [0.2, 0.25) is 0 Å². The first-order valence-corrected chi connectivity index (χ1v) is 7.01. The van der Waals surface area contributed by atoms with Gasteiger partial charge in [0.25, 0.3) is 0 Å². The van der Waals surface area contributed by atoms with E-state index in [-0.39, 0.29) is 24.0 Å². The first-order valence-electron chi connectivity index (χ1n) is 5.79. The monoisotopic (exact) mass is 379 g/mol. The van der Waals surface area contributed by atoms with E-state index in [0.29, 0.717) is 0 Å². The summed E-state index contributed by atoms with van der Waals surface area (Å²) >= 11 is 1.78. The molecule has 0 amide bonds. The highest BCUT2D eigenvalue weighted by Crippen LogP contribution is 2.21. The number of rotatable bonds is 4. The van der Waals surface area contributed by atoms with Gasteiger partial charge in [0.1, 0.15) is 0 Å². The molecule has 2 N–H and O–H groups in total. The zero-order valence-corrected chi connectivity index (χ0v) is 14.6. The molecule has 0 bridgehead atoms. The van der Waals surface area contributed by atoms with Crippen LogP contribution in [0.1, 0.15) is 18.1 Å². The molecule has 1 rings (SSSR count). The summed E-state index contributed by atoms with van der Waals surface area (Å²) in [5.74, 6) is 0.847. The van der Waals surface area contributed by atoms with E-state index in [0.717, 1.165) is 19.0 Å². The first kappa shape index (κ1) is 17.6. The molecule has 18 heavy (non-hydrogen) atoms. The number of hydrogen-bond donors (Lipinski definition) is 2. The normalized spacial score (nSPS) is 10.8. The van der Waals surface area contributed by atoms with Crippen molar-refractivity contribution in [2.45, 2.75) is 25.3 Å². The van der Waals surface area contributed by atoms with Crippen LogP contribution in [-0.2, 0) is 6.54 Å². The fourth-order valence-electron chi connectivity index (χ4n) is 1.56. The Morgan fingerprint density at radius 1 is 1.33 bits per heavy atom. The third-order valence-electron chi connectivity index (χ3n) is 2.46. The van der Waals surface area contributed by atoms with E-state index in [1.807, 2.05) is 0 Å². The maximum Gasteiger partial charge on any atom is 0.191 e. The van der Waals surface area contributed by atoms with Gasteiger partial charge in [-0.25, -0.2) is 0 Å². The van der Waals surface area contributed by atoms with Crippen LogP contribution in [0.15, 0.2) is 28.1 Å². The van der Waals surface area contributed by atoms with Crippen LogP contribution in [0.5, 0.6) is 0 Å². The van der Waals surface area contributed by atoms with Gasteiger partial charge < -0.3 is 10.6 Å². The fraction of sp³-hybridized carbons (Fsp3) is 0.462. The number of guanidine groups is 1. The molecule has 0 radical (unpaired) electrons. The number of nitrogens with one attached hydrogen (secondary N) is 2. The van der Waals surface area contributed by atoms with Crippen LogP contribution in [0.4, 0.5) is 0 Å². The summed E-state index contributed by atoms with van der Waals surface area (Å²) in [5, 5.41) is 6.49. The number of halogens is 1. The van der Waals surface area contributed by atoms with E-state index in [2.05, 4.69) is 53.9 Å². The minimum atomic E-state index is 0. The molecule has 3 nitrogen and oxygen atoms in total. The summed E-state index contributed by atoms with van der Waals surface area (Å²) in [6, 6.07) is 6.54. The molecule has 0 atom stereocenters. The molecular formula is C13H22IN3S. The maximum absolute atomic E-state index is 4.15. The topological polar surface area (TPSA) is 36.4 Å². The molecule has 0 spiro atoms. The molecule has 0 aliphatic rings. The highest BCUT2D eigenvalue weighted by molar-refractivity contribution is 14.0. The van der Waals surface area contributed by atoms with Gasteiger partial charge in [0.15, 0.2) is 5.96 Å². The van der Waals surface area contributed by atoms with Crippen molar-refractivity contribution in [1.29, 1.82) is 0 Å². The average Bonchev–Trinajstić information content (AvgIpc) is 2.35. The van der Waals surface area contributed by atoms with Gasteiger partial charge in [0.05, 0.1) is 0 Å². The van der Waals surface area contributed by atoms with Crippen molar-refractivity contribution in [2.24, 2.45) is 4.99 Å². The molecule has 0 aromatic heterocycles. The van der Waals surface area contributed by atoms with E-state index in [1.54, 1.807) is 18.8 Å². The van der Waals surface area contributed by atoms with Crippen molar-refractivity contribution in [1.82, 2.24) is 10.6 Å². The lowest BCUT2D eigenvalue weighted by molar-refractivity contribution is 0.819. The molecule has 0 aliphatic carbocycles. The Morgan fingerprint density at radius 2 is 2.06 bits per heavy atom. The van der Waals surface area contributed by atoms with Gasteiger partial charge in [-0.15, -0.1) is 35.7 Å². The van der Waals surface area contributed by atoms with Crippen LogP contribution in [0.3, 0.4) is 0 Å². The standard InChI is InChI=1S/C13H21N3S.HI/c1-5-15-13(14-3)16-9-11-7-6-10(2)8-12(11)17-4;/h6-8H,5,9H2,1-4H3,(H2,14,15,16);1H. The first-order chi connectivity index (χ1) is 8.21. The molecular weight excluding hydrogens is 357 g/mol. The Bertz CT molecular complexity index is 394. The minimum absolute atomic E-state index is 0. The Balaban J connectivity index is 0.00000289. The number of benzene rings is 1. The molecule has 1 aromatic rings. The molecule has 0 saturated heterocycles. The molecule has 5 heteroatoms. The van der Waals surface area contributed by atoms with E-state index in [9.17, 15) is 0 Å². The Labute approximate surface area is 131 Å². The molecule has 0 saturated carbocycles. The number of aryl methyl sites for hydroxylation is 1. The quantitative estimate of drug-likeness (QED) is 0.366. The van der Waals surface area contributed by atoms with E-state index in [4.69, 9.17) is 0 Å².